The number of carboxylic acids is 1. The largest absolute Gasteiger partial charge is 0.481 e. The molecule has 0 aromatic heterocycles. The van der Waals surface area contributed by atoms with Gasteiger partial charge in [-0.2, -0.15) is 0 Å². The molecule has 0 aliphatic heterocycles. The molecular weight excluding hydrogens is 248 g/mol. The third kappa shape index (κ3) is 4.75. The van der Waals surface area contributed by atoms with Gasteiger partial charge in [-0.05, 0) is 6.92 Å². The van der Waals surface area contributed by atoms with E-state index in [0.29, 0.717) is 5.56 Å². The van der Waals surface area contributed by atoms with Gasteiger partial charge in [0.05, 0.1) is 6.42 Å². The van der Waals surface area contributed by atoms with Gasteiger partial charge < -0.3 is 9.84 Å². The van der Waals surface area contributed by atoms with Crippen LogP contribution in [0.2, 0.25) is 0 Å². The normalized spacial score (nSPS) is 9.74. The van der Waals surface area contributed by atoms with Crippen molar-refractivity contribution < 1.29 is 24.2 Å². The fourth-order valence-electron chi connectivity index (χ4n) is 1.31. The molecule has 0 unspecified atom stereocenters. The number of rotatable bonds is 6. The third-order valence-corrected chi connectivity index (χ3v) is 2.36. The first-order chi connectivity index (χ1) is 8.90. The van der Waals surface area contributed by atoms with Gasteiger partial charge in [0.25, 0.3) is 0 Å². The maximum absolute atomic E-state index is 11.7. The van der Waals surface area contributed by atoms with E-state index < -0.39 is 25.0 Å². The number of carboxylic acid groups (broad SMARTS) is 1. The Hall–Kier alpha value is -2.43. The second-order valence-electron chi connectivity index (χ2n) is 4.04. The molecule has 0 fully saturated rings. The van der Waals surface area contributed by atoms with Crippen LogP contribution in [0.5, 0.6) is 0 Å². The van der Waals surface area contributed by atoms with Gasteiger partial charge in [-0.15, -0.1) is 0 Å². The minimum absolute atomic E-state index is 0.191. The van der Waals surface area contributed by atoms with E-state index in [0.717, 1.165) is 5.56 Å². The number of aliphatic carboxylic acids is 1. The van der Waals surface area contributed by atoms with Crippen molar-refractivity contribution >= 4 is 17.7 Å². The number of hydrogen-bond donors (Lipinski definition) is 1. The quantitative estimate of drug-likeness (QED) is 0.480. The molecule has 0 aliphatic rings. The first-order valence-electron chi connectivity index (χ1n) is 5.56. The van der Waals surface area contributed by atoms with Gasteiger partial charge in [-0.1, -0.05) is 36.4 Å². The van der Waals surface area contributed by atoms with Crippen LogP contribution in [0.25, 0.3) is 0 Å². The zero-order chi connectivity index (χ0) is 14.4. The molecule has 5 nitrogen and oxygen atoms in total. The fraction of sp³-hybridized carbons (Fsp3) is 0.214. The lowest BCUT2D eigenvalue weighted by molar-refractivity contribution is -0.142. The van der Waals surface area contributed by atoms with E-state index in [9.17, 15) is 14.4 Å². The molecule has 5 heteroatoms. The van der Waals surface area contributed by atoms with Crippen LogP contribution in [0.3, 0.4) is 0 Å². The summed E-state index contributed by atoms with van der Waals surface area (Å²) < 4.78 is 4.70. The first-order valence-corrected chi connectivity index (χ1v) is 5.56. The number of carbonyl (C=O) groups is 3. The van der Waals surface area contributed by atoms with Gasteiger partial charge in [0.1, 0.15) is 0 Å². The molecule has 1 aromatic carbocycles. The van der Waals surface area contributed by atoms with Crippen molar-refractivity contribution in [1.82, 2.24) is 0 Å². The van der Waals surface area contributed by atoms with Crippen molar-refractivity contribution in [3.63, 3.8) is 0 Å². The predicted octanol–water partition coefficient (Wildman–Crippen LogP) is 1.75. The van der Waals surface area contributed by atoms with Crippen molar-refractivity contribution in [1.29, 1.82) is 0 Å². The van der Waals surface area contributed by atoms with Crippen molar-refractivity contribution in [3.8, 4) is 0 Å². The summed E-state index contributed by atoms with van der Waals surface area (Å²) in [6.45, 7) is 4.75. The average Bonchev–Trinajstić information content (AvgIpc) is 2.35. The van der Waals surface area contributed by atoms with E-state index in [2.05, 4.69) is 6.58 Å². The minimum atomic E-state index is -1.17. The van der Waals surface area contributed by atoms with Crippen molar-refractivity contribution in [2.75, 3.05) is 6.61 Å². The lowest BCUT2D eigenvalue weighted by Gasteiger charge is -2.05. The summed E-state index contributed by atoms with van der Waals surface area (Å²) in [7, 11) is 0. The molecule has 19 heavy (non-hydrogen) atoms. The molecule has 100 valence electrons. The highest BCUT2D eigenvalue weighted by atomic mass is 16.5. The van der Waals surface area contributed by atoms with E-state index in [1.54, 1.807) is 24.3 Å². The summed E-state index contributed by atoms with van der Waals surface area (Å²) >= 11 is 0. The van der Waals surface area contributed by atoms with Crippen molar-refractivity contribution in [2.24, 2.45) is 0 Å². The summed E-state index contributed by atoms with van der Waals surface area (Å²) in [4.78, 5) is 33.4. The first kappa shape index (κ1) is 14.6. The van der Waals surface area contributed by atoms with Gasteiger partial charge in [0.2, 0.25) is 0 Å². The molecule has 0 saturated heterocycles. The number of hydrogen-bond acceptors (Lipinski definition) is 4. The van der Waals surface area contributed by atoms with E-state index in [-0.39, 0.29) is 11.4 Å². The summed E-state index contributed by atoms with van der Waals surface area (Å²) in [5.74, 6) is -2.40. The van der Waals surface area contributed by atoms with E-state index >= 15 is 0 Å². The number of esters is 1. The SMILES string of the molecule is C=C(CC(=O)O)C(=O)OCC(=O)c1ccc(C)cc1. The fourth-order valence-corrected chi connectivity index (χ4v) is 1.31. The molecule has 0 atom stereocenters. The van der Waals surface area contributed by atoms with Crippen molar-refractivity contribution in [3.05, 3.63) is 47.5 Å². The van der Waals surface area contributed by atoms with Crippen LogP contribution in [-0.4, -0.2) is 29.4 Å². The Kier molecular flexibility index (Phi) is 5.00. The van der Waals surface area contributed by atoms with E-state index in [1.807, 2.05) is 6.92 Å². The molecular formula is C14H14O5. The Labute approximate surface area is 110 Å². The van der Waals surface area contributed by atoms with Crippen LogP contribution in [0.1, 0.15) is 22.3 Å². The average molecular weight is 262 g/mol. The molecule has 1 rings (SSSR count). The second kappa shape index (κ2) is 6.49. The van der Waals surface area contributed by atoms with Gasteiger partial charge in [-0.25, -0.2) is 4.79 Å². The van der Waals surface area contributed by atoms with Crippen LogP contribution in [0, 0.1) is 6.92 Å². The Bertz CT molecular complexity index is 513. The van der Waals surface area contributed by atoms with Gasteiger partial charge >= 0.3 is 11.9 Å². The van der Waals surface area contributed by atoms with Crippen LogP contribution in [0.15, 0.2) is 36.4 Å². The Morgan fingerprint density at radius 1 is 1.21 bits per heavy atom. The number of aryl methyl sites for hydroxylation is 1. The zero-order valence-corrected chi connectivity index (χ0v) is 10.5. The number of carbonyl (C=O) groups excluding carboxylic acids is 2. The molecule has 0 saturated carbocycles. The molecule has 0 heterocycles. The van der Waals surface area contributed by atoms with Crippen LogP contribution < -0.4 is 0 Å². The lowest BCUT2D eigenvalue weighted by atomic mass is 10.1. The van der Waals surface area contributed by atoms with Gasteiger partial charge in [-0.3, -0.25) is 9.59 Å². The summed E-state index contributed by atoms with van der Waals surface area (Å²) in [5.41, 5.74) is 1.26. The van der Waals surface area contributed by atoms with Crippen LogP contribution >= 0.6 is 0 Å². The molecule has 1 N–H and O–H groups in total. The highest BCUT2D eigenvalue weighted by molar-refractivity contribution is 5.99. The zero-order valence-electron chi connectivity index (χ0n) is 10.5. The second-order valence-corrected chi connectivity index (χ2v) is 4.04. The smallest absolute Gasteiger partial charge is 0.334 e. The molecule has 1 aromatic rings. The number of ether oxygens (including phenoxy) is 1. The standard InChI is InChI=1S/C14H14O5/c1-9-3-5-11(6-4-9)12(15)8-19-14(18)10(2)7-13(16)17/h3-6H,2,7-8H2,1H3,(H,16,17). The molecule has 0 aliphatic carbocycles. The topological polar surface area (TPSA) is 80.7 Å². The molecule has 0 bridgehead atoms. The van der Waals surface area contributed by atoms with Gasteiger partial charge in [0, 0.05) is 11.1 Å². The highest BCUT2D eigenvalue weighted by Gasteiger charge is 2.14. The van der Waals surface area contributed by atoms with E-state index in [1.165, 1.54) is 0 Å². The maximum atomic E-state index is 11.7. The number of benzene rings is 1. The monoisotopic (exact) mass is 262 g/mol. The molecule has 0 radical (unpaired) electrons. The third-order valence-electron chi connectivity index (χ3n) is 2.36. The Morgan fingerprint density at radius 3 is 2.32 bits per heavy atom. The predicted molar refractivity (Wildman–Crippen MR) is 67.9 cm³/mol. The maximum Gasteiger partial charge on any atom is 0.334 e. The van der Waals surface area contributed by atoms with Crippen molar-refractivity contribution in [2.45, 2.75) is 13.3 Å². The number of Topliss-reactive ketones (excluding diaryl/α,β-unsaturated/α-hetero) is 1. The van der Waals surface area contributed by atoms with Crippen LogP contribution in [0.4, 0.5) is 0 Å². The lowest BCUT2D eigenvalue weighted by Crippen LogP contribution is -2.16. The number of ketones is 1. The van der Waals surface area contributed by atoms with Crippen LogP contribution in [-0.2, 0) is 14.3 Å². The van der Waals surface area contributed by atoms with E-state index in [4.69, 9.17) is 9.84 Å². The summed E-state index contributed by atoms with van der Waals surface area (Å²) in [5, 5.41) is 8.48. The Morgan fingerprint density at radius 2 is 1.79 bits per heavy atom. The minimum Gasteiger partial charge on any atom is -0.481 e. The molecule has 0 spiro atoms. The Balaban J connectivity index is 2.50. The summed E-state index contributed by atoms with van der Waals surface area (Å²) in [6, 6.07) is 6.83. The summed E-state index contributed by atoms with van der Waals surface area (Å²) in [6.07, 6.45) is -0.502. The van der Waals surface area contributed by atoms with Gasteiger partial charge in [0.15, 0.2) is 12.4 Å². The molecule has 0 amide bonds. The highest BCUT2D eigenvalue weighted by Crippen LogP contribution is 2.06.